The van der Waals surface area contributed by atoms with E-state index in [1.807, 2.05) is 126 Å². The summed E-state index contributed by atoms with van der Waals surface area (Å²) in [4.78, 5) is 15.3. The van der Waals surface area contributed by atoms with Crippen LogP contribution in [0.25, 0.3) is 78.0 Å². The van der Waals surface area contributed by atoms with Crippen LogP contribution in [0.4, 0.5) is 0 Å². The first-order valence-electron chi connectivity index (χ1n) is 15.9. The number of hydrogen-bond acceptors (Lipinski definition) is 6. The van der Waals surface area contributed by atoms with Crippen LogP contribution in [-0.2, 0) is 0 Å². The molecule has 0 saturated heterocycles. The van der Waals surface area contributed by atoms with E-state index in [9.17, 15) is 15.8 Å². The van der Waals surface area contributed by atoms with Gasteiger partial charge in [-0.05, 0) is 66.7 Å². The van der Waals surface area contributed by atoms with Crippen molar-refractivity contribution in [1.29, 1.82) is 15.8 Å². The van der Waals surface area contributed by atoms with E-state index in [4.69, 9.17) is 15.0 Å². The molecule has 9 rings (SSSR count). The normalized spacial score (nSPS) is 11.1. The van der Waals surface area contributed by atoms with Gasteiger partial charge in [-0.1, -0.05) is 66.7 Å². The minimum Gasteiger partial charge on any atom is -0.308 e. The minimum atomic E-state index is 0.389. The molecule has 3 aromatic heterocycles. The van der Waals surface area contributed by atoms with Crippen molar-refractivity contribution in [1.82, 2.24) is 24.1 Å². The summed E-state index contributed by atoms with van der Waals surface area (Å²) in [7, 11) is 0. The molecule has 0 N–H and O–H groups in total. The quantitative estimate of drug-likeness (QED) is 0.190. The fraction of sp³-hybridized carbons (Fsp3) is 0. The predicted molar refractivity (Wildman–Crippen MR) is 194 cm³/mol. The molecule has 0 amide bonds. The van der Waals surface area contributed by atoms with Gasteiger partial charge in [0.1, 0.15) is 0 Å². The first-order chi connectivity index (χ1) is 24.6. The van der Waals surface area contributed by atoms with Crippen LogP contribution < -0.4 is 0 Å². The average molecular weight is 639 g/mol. The highest BCUT2D eigenvalue weighted by molar-refractivity contribution is 6.11. The van der Waals surface area contributed by atoms with Gasteiger partial charge in [0.25, 0.3) is 0 Å². The van der Waals surface area contributed by atoms with Crippen molar-refractivity contribution in [3.8, 4) is 52.6 Å². The molecule has 0 aliphatic carbocycles. The zero-order chi connectivity index (χ0) is 33.8. The molecule has 0 radical (unpaired) electrons. The van der Waals surface area contributed by atoms with Gasteiger partial charge in [-0.2, -0.15) is 25.8 Å². The van der Waals surface area contributed by atoms with Crippen LogP contribution in [0.15, 0.2) is 133 Å². The van der Waals surface area contributed by atoms with E-state index in [2.05, 4.69) is 22.8 Å². The molecule has 8 heteroatoms. The Kier molecular flexibility index (Phi) is 6.45. The Balaban J connectivity index is 1.38. The number of para-hydroxylation sites is 2. The van der Waals surface area contributed by atoms with E-state index in [0.717, 1.165) is 54.9 Å². The Labute approximate surface area is 285 Å². The van der Waals surface area contributed by atoms with Crippen molar-refractivity contribution in [3.05, 3.63) is 150 Å². The third-order valence-corrected chi connectivity index (χ3v) is 9.07. The second-order valence-corrected chi connectivity index (χ2v) is 11.9. The second kappa shape index (κ2) is 11.3. The third-order valence-electron chi connectivity index (χ3n) is 9.07. The van der Waals surface area contributed by atoms with Gasteiger partial charge in [0.2, 0.25) is 5.95 Å². The van der Waals surface area contributed by atoms with Crippen LogP contribution >= 0.6 is 0 Å². The van der Waals surface area contributed by atoms with E-state index in [-0.39, 0.29) is 0 Å². The SMILES string of the molecule is N#Cc1ccc(-n2c3ccccc3c3cc(C#N)ccc32)c(-c2nc(-c3ccccc3)nc(-n3c4ccccc4c4cc(C#N)ccc43)n2)c1. The monoisotopic (exact) mass is 638 g/mol. The summed E-state index contributed by atoms with van der Waals surface area (Å²) in [5.41, 5.74) is 7.40. The van der Waals surface area contributed by atoms with Gasteiger partial charge in [-0.3, -0.25) is 4.57 Å². The zero-order valence-corrected chi connectivity index (χ0v) is 26.3. The highest BCUT2D eigenvalue weighted by Crippen LogP contribution is 2.38. The van der Waals surface area contributed by atoms with E-state index in [1.54, 1.807) is 12.1 Å². The van der Waals surface area contributed by atoms with E-state index in [0.29, 0.717) is 39.9 Å². The molecule has 6 aromatic carbocycles. The highest BCUT2D eigenvalue weighted by atomic mass is 15.2. The molecule has 8 nitrogen and oxygen atoms in total. The number of aromatic nitrogens is 5. The van der Waals surface area contributed by atoms with Gasteiger partial charge >= 0.3 is 0 Å². The second-order valence-electron chi connectivity index (χ2n) is 11.9. The maximum Gasteiger partial charge on any atom is 0.238 e. The summed E-state index contributed by atoms with van der Waals surface area (Å²) >= 11 is 0. The number of hydrogen-bond donors (Lipinski definition) is 0. The molecule has 50 heavy (non-hydrogen) atoms. The van der Waals surface area contributed by atoms with Gasteiger partial charge in [0.15, 0.2) is 11.6 Å². The summed E-state index contributed by atoms with van der Waals surface area (Å²) in [6, 6.07) is 49.5. The summed E-state index contributed by atoms with van der Waals surface area (Å²) in [5, 5.41) is 33.3. The lowest BCUT2D eigenvalue weighted by Crippen LogP contribution is -2.08. The highest BCUT2D eigenvalue weighted by Gasteiger charge is 2.22. The summed E-state index contributed by atoms with van der Waals surface area (Å²) in [5.74, 6) is 1.26. The van der Waals surface area contributed by atoms with Crippen molar-refractivity contribution in [2.24, 2.45) is 0 Å². The molecule has 0 atom stereocenters. The average Bonchev–Trinajstić information content (AvgIpc) is 3.69. The molecule has 0 bridgehead atoms. The fourth-order valence-electron chi connectivity index (χ4n) is 6.84. The molecule has 0 unspecified atom stereocenters. The molecular weight excluding hydrogens is 617 g/mol. The van der Waals surface area contributed by atoms with Crippen LogP contribution in [0, 0.1) is 34.0 Å². The standard InChI is InChI=1S/C42H22N8/c43-23-26-14-17-37-32(20-26)30-10-4-6-12-35(30)49(37)39-19-16-28(25-45)22-34(39)41-46-40(29-8-2-1-3-9-29)47-42(48-41)50-36-13-7-5-11-31(36)33-21-27(24-44)15-18-38(33)50/h1-22H. The molecule has 9 aromatic rings. The van der Waals surface area contributed by atoms with Crippen LogP contribution in [-0.4, -0.2) is 24.1 Å². The molecule has 0 aliphatic heterocycles. The number of rotatable bonds is 4. The van der Waals surface area contributed by atoms with E-state index in [1.165, 1.54) is 0 Å². The van der Waals surface area contributed by atoms with Crippen LogP contribution in [0.3, 0.4) is 0 Å². The number of benzene rings is 6. The van der Waals surface area contributed by atoms with Gasteiger partial charge in [0.05, 0.1) is 62.7 Å². The van der Waals surface area contributed by atoms with Crippen LogP contribution in [0.2, 0.25) is 0 Å². The summed E-state index contributed by atoms with van der Waals surface area (Å²) in [6.45, 7) is 0. The Morgan fingerprint density at radius 3 is 1.56 bits per heavy atom. The lowest BCUT2D eigenvalue weighted by Gasteiger charge is -2.15. The maximum atomic E-state index is 10.1. The lowest BCUT2D eigenvalue weighted by atomic mass is 10.1. The van der Waals surface area contributed by atoms with Crippen molar-refractivity contribution < 1.29 is 0 Å². The largest absolute Gasteiger partial charge is 0.308 e. The number of nitrogens with zero attached hydrogens (tertiary/aromatic N) is 8. The Morgan fingerprint density at radius 2 is 0.920 bits per heavy atom. The summed E-state index contributed by atoms with van der Waals surface area (Å²) < 4.78 is 4.14. The van der Waals surface area contributed by atoms with Crippen LogP contribution in [0.1, 0.15) is 16.7 Å². The molecule has 0 aliphatic rings. The Hall–Kier alpha value is -7.60. The van der Waals surface area contributed by atoms with Crippen LogP contribution in [0.5, 0.6) is 0 Å². The first kappa shape index (κ1) is 28.6. The first-order valence-corrected chi connectivity index (χ1v) is 15.9. The number of nitriles is 3. The maximum absolute atomic E-state index is 10.1. The van der Waals surface area contributed by atoms with Gasteiger partial charge < -0.3 is 4.57 Å². The predicted octanol–water partition coefficient (Wildman–Crippen LogP) is 9.01. The van der Waals surface area contributed by atoms with E-state index >= 15 is 0 Å². The van der Waals surface area contributed by atoms with Crippen molar-refractivity contribution >= 4 is 43.6 Å². The molecular formula is C42H22N8. The van der Waals surface area contributed by atoms with Gasteiger partial charge in [-0.25, -0.2) is 4.98 Å². The number of fused-ring (bicyclic) bond motifs is 6. The van der Waals surface area contributed by atoms with Crippen molar-refractivity contribution in [2.75, 3.05) is 0 Å². The fourth-order valence-corrected chi connectivity index (χ4v) is 6.84. The molecule has 230 valence electrons. The van der Waals surface area contributed by atoms with Gasteiger partial charge in [0, 0.05) is 32.7 Å². The Morgan fingerprint density at radius 1 is 0.420 bits per heavy atom. The lowest BCUT2D eigenvalue weighted by molar-refractivity contribution is 0.951. The zero-order valence-electron chi connectivity index (χ0n) is 26.3. The Bertz CT molecular complexity index is 2970. The minimum absolute atomic E-state index is 0.389. The molecule has 3 heterocycles. The van der Waals surface area contributed by atoms with E-state index < -0.39 is 0 Å². The smallest absolute Gasteiger partial charge is 0.238 e. The topological polar surface area (TPSA) is 120 Å². The molecule has 0 spiro atoms. The van der Waals surface area contributed by atoms with Crippen molar-refractivity contribution in [3.63, 3.8) is 0 Å². The molecule has 0 saturated carbocycles. The third kappa shape index (κ3) is 4.40. The van der Waals surface area contributed by atoms with Gasteiger partial charge in [-0.15, -0.1) is 0 Å². The summed E-state index contributed by atoms with van der Waals surface area (Å²) in [6.07, 6.45) is 0. The van der Waals surface area contributed by atoms with Crippen molar-refractivity contribution in [2.45, 2.75) is 0 Å². The molecule has 0 fully saturated rings.